The molecular formula is C34H60O. The zero-order chi connectivity index (χ0) is 25.0. The zero-order valence-electron chi connectivity index (χ0n) is 23.8. The zero-order valence-corrected chi connectivity index (χ0v) is 23.8. The van der Waals surface area contributed by atoms with Gasteiger partial charge in [-0.25, -0.2) is 0 Å². The molecule has 2 rings (SSSR count). The SMILES string of the molecule is CCCCCCCCCCc1c(O)cccc1C1CCCCCCCCC(CCCCCC)CC1. The standard InChI is InChI=1S/C34H60O/c1-3-5-7-9-10-11-16-20-25-33-32(26-21-27-34(33)35)31-24-19-15-13-12-14-18-23-30(28-29-31)22-17-8-6-4-2/h21,26-27,30-31,35H,3-20,22-25,28-29H2,1-2H3. The predicted octanol–water partition coefficient (Wildman–Crippen LogP) is 11.7. The van der Waals surface area contributed by atoms with Gasteiger partial charge in [-0.2, -0.15) is 0 Å². The number of benzene rings is 1. The minimum Gasteiger partial charge on any atom is -0.508 e. The van der Waals surface area contributed by atoms with Crippen LogP contribution in [-0.2, 0) is 6.42 Å². The molecule has 0 saturated heterocycles. The first-order valence-electron chi connectivity index (χ1n) is 16.1. The highest BCUT2D eigenvalue weighted by Gasteiger charge is 2.20. The van der Waals surface area contributed by atoms with Gasteiger partial charge in [0.15, 0.2) is 0 Å². The summed E-state index contributed by atoms with van der Waals surface area (Å²) in [6, 6.07) is 6.42. The summed E-state index contributed by atoms with van der Waals surface area (Å²) in [5.74, 6) is 2.12. The largest absolute Gasteiger partial charge is 0.508 e. The van der Waals surface area contributed by atoms with Gasteiger partial charge >= 0.3 is 0 Å². The van der Waals surface area contributed by atoms with Crippen LogP contribution in [0.5, 0.6) is 5.75 Å². The van der Waals surface area contributed by atoms with Crippen LogP contribution in [0.1, 0.15) is 179 Å². The Bertz CT molecular complexity index is 619. The minimum atomic E-state index is 0.563. The molecule has 1 aromatic carbocycles. The molecule has 1 aliphatic rings. The lowest BCUT2D eigenvalue weighted by atomic mass is 9.80. The van der Waals surface area contributed by atoms with E-state index in [1.165, 1.54) is 159 Å². The Labute approximate surface area is 219 Å². The molecule has 1 N–H and O–H groups in total. The Morgan fingerprint density at radius 1 is 0.629 bits per heavy atom. The second-order valence-electron chi connectivity index (χ2n) is 11.8. The predicted molar refractivity (Wildman–Crippen MR) is 156 cm³/mol. The van der Waals surface area contributed by atoms with E-state index in [0.29, 0.717) is 11.7 Å². The maximum atomic E-state index is 10.8. The lowest BCUT2D eigenvalue weighted by Gasteiger charge is -2.25. The van der Waals surface area contributed by atoms with Gasteiger partial charge in [0.1, 0.15) is 5.75 Å². The van der Waals surface area contributed by atoms with Gasteiger partial charge in [-0.05, 0) is 61.1 Å². The fourth-order valence-electron chi connectivity index (χ4n) is 6.40. The van der Waals surface area contributed by atoms with Crippen molar-refractivity contribution in [2.45, 2.75) is 174 Å². The third-order valence-corrected chi connectivity index (χ3v) is 8.71. The molecule has 202 valence electrons. The van der Waals surface area contributed by atoms with Crippen molar-refractivity contribution in [2.24, 2.45) is 5.92 Å². The molecule has 2 unspecified atom stereocenters. The Hall–Kier alpha value is -0.980. The van der Waals surface area contributed by atoms with Gasteiger partial charge in [0.05, 0.1) is 0 Å². The van der Waals surface area contributed by atoms with E-state index in [1.54, 1.807) is 0 Å². The monoisotopic (exact) mass is 484 g/mol. The summed E-state index contributed by atoms with van der Waals surface area (Å²) >= 11 is 0. The van der Waals surface area contributed by atoms with E-state index in [1.807, 2.05) is 6.07 Å². The molecule has 0 spiro atoms. The molecule has 1 aromatic rings. The summed E-state index contributed by atoms with van der Waals surface area (Å²) in [6.45, 7) is 4.61. The molecule has 0 heterocycles. The molecular weight excluding hydrogens is 424 g/mol. The average Bonchev–Trinajstić information content (AvgIpc) is 2.85. The fourth-order valence-corrected chi connectivity index (χ4v) is 6.40. The Morgan fingerprint density at radius 2 is 1.23 bits per heavy atom. The van der Waals surface area contributed by atoms with E-state index in [9.17, 15) is 5.11 Å². The smallest absolute Gasteiger partial charge is 0.119 e. The molecule has 0 aliphatic heterocycles. The number of aromatic hydroxyl groups is 1. The first kappa shape index (κ1) is 30.2. The Balaban J connectivity index is 1.96. The number of rotatable bonds is 15. The fraction of sp³-hybridized carbons (Fsp3) is 0.824. The Morgan fingerprint density at radius 3 is 1.94 bits per heavy atom. The van der Waals surface area contributed by atoms with Gasteiger partial charge in [0, 0.05) is 0 Å². The molecule has 0 radical (unpaired) electrons. The lowest BCUT2D eigenvalue weighted by molar-refractivity contribution is 0.347. The van der Waals surface area contributed by atoms with Crippen molar-refractivity contribution in [3.63, 3.8) is 0 Å². The van der Waals surface area contributed by atoms with E-state index < -0.39 is 0 Å². The molecule has 2 atom stereocenters. The van der Waals surface area contributed by atoms with E-state index in [4.69, 9.17) is 0 Å². The van der Waals surface area contributed by atoms with Crippen molar-refractivity contribution in [3.8, 4) is 5.75 Å². The summed E-state index contributed by atoms with van der Waals surface area (Å²) in [4.78, 5) is 0. The number of hydrogen-bond acceptors (Lipinski definition) is 1. The van der Waals surface area contributed by atoms with Crippen molar-refractivity contribution >= 4 is 0 Å². The lowest BCUT2D eigenvalue weighted by Crippen LogP contribution is -2.09. The summed E-state index contributed by atoms with van der Waals surface area (Å²) < 4.78 is 0. The van der Waals surface area contributed by atoms with Gasteiger partial charge in [0.2, 0.25) is 0 Å². The minimum absolute atomic E-state index is 0.563. The average molecular weight is 485 g/mol. The van der Waals surface area contributed by atoms with Crippen LogP contribution in [0.25, 0.3) is 0 Å². The number of unbranched alkanes of at least 4 members (excludes halogenated alkanes) is 10. The van der Waals surface area contributed by atoms with Crippen LogP contribution >= 0.6 is 0 Å². The number of phenols is 1. The summed E-state index contributed by atoms with van der Waals surface area (Å²) in [7, 11) is 0. The van der Waals surface area contributed by atoms with Crippen LogP contribution < -0.4 is 0 Å². The van der Waals surface area contributed by atoms with Gasteiger partial charge in [-0.1, -0.05) is 148 Å². The van der Waals surface area contributed by atoms with Crippen molar-refractivity contribution < 1.29 is 5.11 Å². The van der Waals surface area contributed by atoms with Crippen LogP contribution in [0.2, 0.25) is 0 Å². The topological polar surface area (TPSA) is 20.2 Å². The molecule has 1 aliphatic carbocycles. The molecule has 35 heavy (non-hydrogen) atoms. The first-order chi connectivity index (χ1) is 17.3. The van der Waals surface area contributed by atoms with Crippen molar-refractivity contribution in [1.29, 1.82) is 0 Å². The summed E-state index contributed by atoms with van der Waals surface area (Å²) in [6.07, 6.45) is 32.9. The van der Waals surface area contributed by atoms with Gasteiger partial charge in [0.25, 0.3) is 0 Å². The third-order valence-electron chi connectivity index (χ3n) is 8.71. The second-order valence-corrected chi connectivity index (χ2v) is 11.8. The molecule has 0 bridgehead atoms. The quantitative estimate of drug-likeness (QED) is 0.245. The summed E-state index contributed by atoms with van der Waals surface area (Å²) in [5.41, 5.74) is 2.78. The highest BCUT2D eigenvalue weighted by atomic mass is 16.3. The van der Waals surface area contributed by atoms with E-state index in [0.717, 1.165) is 12.3 Å². The molecule has 1 fully saturated rings. The number of hydrogen-bond donors (Lipinski definition) is 1. The van der Waals surface area contributed by atoms with Crippen LogP contribution in [0.4, 0.5) is 0 Å². The number of phenolic OH excluding ortho intramolecular Hbond substituents is 1. The normalized spacial score (nSPS) is 20.3. The second kappa shape index (κ2) is 20.1. The highest BCUT2D eigenvalue weighted by Crippen LogP contribution is 2.37. The van der Waals surface area contributed by atoms with Gasteiger partial charge < -0.3 is 5.11 Å². The first-order valence-corrected chi connectivity index (χ1v) is 16.1. The molecule has 1 nitrogen and oxygen atoms in total. The molecule has 0 amide bonds. The third kappa shape index (κ3) is 13.2. The van der Waals surface area contributed by atoms with E-state index in [2.05, 4.69) is 26.0 Å². The highest BCUT2D eigenvalue weighted by molar-refractivity contribution is 5.41. The van der Waals surface area contributed by atoms with Crippen LogP contribution in [-0.4, -0.2) is 5.11 Å². The maximum Gasteiger partial charge on any atom is 0.119 e. The summed E-state index contributed by atoms with van der Waals surface area (Å²) in [5, 5.41) is 10.8. The maximum absolute atomic E-state index is 10.8. The Kier molecular flexibility index (Phi) is 17.4. The van der Waals surface area contributed by atoms with Crippen LogP contribution in [0, 0.1) is 5.92 Å². The van der Waals surface area contributed by atoms with Gasteiger partial charge in [-0.15, -0.1) is 0 Å². The van der Waals surface area contributed by atoms with E-state index >= 15 is 0 Å². The molecule has 1 heteroatoms. The van der Waals surface area contributed by atoms with Crippen molar-refractivity contribution in [3.05, 3.63) is 29.3 Å². The van der Waals surface area contributed by atoms with Crippen molar-refractivity contribution in [2.75, 3.05) is 0 Å². The molecule has 0 aromatic heterocycles. The van der Waals surface area contributed by atoms with Gasteiger partial charge in [-0.3, -0.25) is 0 Å². The molecule has 1 saturated carbocycles. The van der Waals surface area contributed by atoms with Crippen LogP contribution in [0.15, 0.2) is 18.2 Å². The van der Waals surface area contributed by atoms with E-state index in [-0.39, 0.29) is 0 Å². The van der Waals surface area contributed by atoms with Crippen LogP contribution in [0.3, 0.4) is 0 Å². The van der Waals surface area contributed by atoms with Crippen molar-refractivity contribution in [1.82, 2.24) is 0 Å².